The molecule has 0 saturated carbocycles. The van der Waals surface area contributed by atoms with Gasteiger partial charge in [0.2, 0.25) is 0 Å². The normalized spacial score (nSPS) is 10.8. The predicted octanol–water partition coefficient (Wildman–Crippen LogP) is 4.56. The topological polar surface area (TPSA) is 34.0 Å². The highest BCUT2D eigenvalue weighted by molar-refractivity contribution is 5.45. The van der Waals surface area contributed by atoms with Crippen LogP contribution in [0.1, 0.15) is 22.3 Å². The molecule has 0 unspecified atom stereocenters. The van der Waals surface area contributed by atoms with E-state index in [4.69, 9.17) is 0 Å². The number of benzene rings is 2. The van der Waals surface area contributed by atoms with Crippen molar-refractivity contribution in [2.24, 2.45) is 0 Å². The van der Waals surface area contributed by atoms with Crippen molar-refractivity contribution in [2.45, 2.75) is 27.2 Å². The van der Waals surface area contributed by atoms with E-state index in [0.717, 1.165) is 18.7 Å². The van der Waals surface area contributed by atoms with Gasteiger partial charge in [0.25, 0.3) is 5.56 Å². The molecule has 1 N–H and O–H groups in total. The summed E-state index contributed by atoms with van der Waals surface area (Å²) in [6.45, 7) is 7.18. The van der Waals surface area contributed by atoms with Crippen molar-refractivity contribution in [3.63, 3.8) is 0 Å². The quantitative estimate of drug-likeness (QED) is 0.732. The fraction of sp³-hybridized carbons (Fsp3) is 0.227. The molecule has 2 aromatic carbocycles. The maximum Gasteiger partial charge on any atom is 0.255 e. The van der Waals surface area contributed by atoms with E-state index in [-0.39, 0.29) is 11.4 Å². The average molecular weight is 350 g/mol. The summed E-state index contributed by atoms with van der Waals surface area (Å²) in [6.07, 6.45) is 2.61. The molecular formula is C22H23FN2O. The maximum absolute atomic E-state index is 13.4. The summed E-state index contributed by atoms with van der Waals surface area (Å²) >= 11 is 0. The number of halogens is 1. The minimum atomic E-state index is -0.363. The third-order valence-corrected chi connectivity index (χ3v) is 4.89. The third kappa shape index (κ3) is 3.85. The van der Waals surface area contributed by atoms with Crippen LogP contribution in [0.15, 0.2) is 59.5 Å². The molecule has 4 heteroatoms. The second-order valence-corrected chi connectivity index (χ2v) is 6.57. The van der Waals surface area contributed by atoms with E-state index in [1.165, 1.54) is 45.0 Å². The van der Waals surface area contributed by atoms with Crippen LogP contribution >= 0.6 is 0 Å². The molecule has 0 atom stereocenters. The number of pyridine rings is 1. The summed E-state index contributed by atoms with van der Waals surface area (Å²) in [7, 11) is 0. The first-order valence-electron chi connectivity index (χ1n) is 8.74. The molecule has 3 nitrogen and oxygen atoms in total. The molecular weight excluding hydrogens is 327 g/mol. The van der Waals surface area contributed by atoms with Gasteiger partial charge in [-0.15, -0.1) is 0 Å². The van der Waals surface area contributed by atoms with Crippen LogP contribution < -0.4 is 10.9 Å². The second kappa shape index (κ2) is 7.56. The molecule has 0 aliphatic carbocycles. The molecule has 1 aromatic heterocycles. The van der Waals surface area contributed by atoms with Gasteiger partial charge in [-0.2, -0.15) is 0 Å². The third-order valence-electron chi connectivity index (χ3n) is 4.89. The minimum absolute atomic E-state index is 0.189. The fourth-order valence-electron chi connectivity index (χ4n) is 3.04. The minimum Gasteiger partial charge on any atom is -0.384 e. The molecule has 0 aliphatic heterocycles. The Balaban J connectivity index is 1.74. The van der Waals surface area contributed by atoms with E-state index >= 15 is 0 Å². The Morgan fingerprint density at radius 1 is 1.00 bits per heavy atom. The molecule has 0 radical (unpaired) electrons. The highest BCUT2D eigenvalue weighted by Gasteiger charge is 2.05. The van der Waals surface area contributed by atoms with Gasteiger partial charge in [0.05, 0.1) is 11.4 Å². The summed E-state index contributed by atoms with van der Waals surface area (Å²) in [5.41, 5.74) is 6.45. The first kappa shape index (κ1) is 17.9. The van der Waals surface area contributed by atoms with E-state index < -0.39 is 0 Å². The number of rotatable bonds is 5. The molecule has 3 aromatic rings. The van der Waals surface area contributed by atoms with E-state index in [2.05, 4.69) is 38.2 Å². The summed E-state index contributed by atoms with van der Waals surface area (Å²) in [6, 6.07) is 13.6. The van der Waals surface area contributed by atoms with E-state index in [1.807, 2.05) is 0 Å². The number of nitrogens with one attached hydrogen (secondary N) is 1. The largest absolute Gasteiger partial charge is 0.384 e. The lowest BCUT2D eigenvalue weighted by molar-refractivity contribution is 0.626. The lowest BCUT2D eigenvalue weighted by Gasteiger charge is -2.13. The van der Waals surface area contributed by atoms with E-state index in [0.29, 0.717) is 5.69 Å². The number of hydrogen-bond donors (Lipinski definition) is 1. The summed E-state index contributed by atoms with van der Waals surface area (Å²) in [5.74, 6) is -0.363. The van der Waals surface area contributed by atoms with Crippen molar-refractivity contribution < 1.29 is 4.39 Å². The van der Waals surface area contributed by atoms with Gasteiger partial charge in [-0.3, -0.25) is 9.36 Å². The van der Waals surface area contributed by atoms with Gasteiger partial charge in [0, 0.05) is 18.8 Å². The average Bonchev–Trinajstić information content (AvgIpc) is 2.63. The number of anilines is 1. The fourth-order valence-corrected chi connectivity index (χ4v) is 3.04. The van der Waals surface area contributed by atoms with E-state index in [9.17, 15) is 9.18 Å². The van der Waals surface area contributed by atoms with Crippen molar-refractivity contribution in [2.75, 3.05) is 11.9 Å². The Morgan fingerprint density at radius 2 is 1.81 bits per heavy atom. The van der Waals surface area contributed by atoms with Crippen LogP contribution in [0, 0.1) is 26.6 Å². The molecule has 3 rings (SSSR count). The molecule has 0 fully saturated rings. The number of aromatic nitrogens is 1. The van der Waals surface area contributed by atoms with Crippen molar-refractivity contribution in [1.29, 1.82) is 0 Å². The van der Waals surface area contributed by atoms with E-state index in [1.54, 1.807) is 24.4 Å². The zero-order chi connectivity index (χ0) is 18.7. The lowest BCUT2D eigenvalue weighted by atomic mass is 9.97. The summed E-state index contributed by atoms with van der Waals surface area (Å²) < 4.78 is 14.9. The number of aryl methyl sites for hydroxylation is 1. The zero-order valence-electron chi connectivity index (χ0n) is 15.3. The Bertz CT molecular complexity index is 992. The molecule has 134 valence electrons. The first-order valence-corrected chi connectivity index (χ1v) is 8.74. The maximum atomic E-state index is 13.4. The Morgan fingerprint density at radius 3 is 2.58 bits per heavy atom. The van der Waals surface area contributed by atoms with Crippen LogP contribution in [0.25, 0.3) is 5.69 Å². The van der Waals surface area contributed by atoms with Gasteiger partial charge in [-0.05, 0) is 73.7 Å². The van der Waals surface area contributed by atoms with Crippen molar-refractivity contribution in [1.82, 2.24) is 4.57 Å². The molecule has 0 amide bonds. The predicted molar refractivity (Wildman–Crippen MR) is 105 cm³/mol. The lowest BCUT2D eigenvalue weighted by Crippen LogP contribution is -2.18. The van der Waals surface area contributed by atoms with Gasteiger partial charge in [-0.1, -0.05) is 18.2 Å². The van der Waals surface area contributed by atoms with Crippen LogP contribution in [-0.2, 0) is 6.42 Å². The van der Waals surface area contributed by atoms with Gasteiger partial charge in [0.15, 0.2) is 0 Å². The molecule has 0 spiro atoms. The Kier molecular flexibility index (Phi) is 5.21. The Hall–Kier alpha value is -2.88. The van der Waals surface area contributed by atoms with Gasteiger partial charge in [-0.25, -0.2) is 4.39 Å². The van der Waals surface area contributed by atoms with Gasteiger partial charge in [0.1, 0.15) is 5.82 Å². The molecule has 1 heterocycles. The monoisotopic (exact) mass is 350 g/mol. The highest BCUT2D eigenvalue weighted by atomic mass is 19.1. The number of hydrogen-bond acceptors (Lipinski definition) is 2. The molecule has 26 heavy (non-hydrogen) atoms. The van der Waals surface area contributed by atoms with Crippen LogP contribution in [0.5, 0.6) is 0 Å². The second-order valence-electron chi connectivity index (χ2n) is 6.57. The molecule has 0 aliphatic rings. The van der Waals surface area contributed by atoms with Crippen LogP contribution in [0.3, 0.4) is 0 Å². The zero-order valence-corrected chi connectivity index (χ0v) is 15.3. The summed E-state index contributed by atoms with van der Waals surface area (Å²) in [4.78, 5) is 12.1. The smallest absolute Gasteiger partial charge is 0.255 e. The van der Waals surface area contributed by atoms with Gasteiger partial charge >= 0.3 is 0 Å². The van der Waals surface area contributed by atoms with Crippen molar-refractivity contribution in [3.05, 3.63) is 93.2 Å². The standard InChI is InChI=1S/C22H23FN2O/c1-15-7-8-18(17(3)16(15)2)11-12-24-20-9-10-22(26)25(14-20)21-6-4-5-19(23)13-21/h4-10,13-14,24H,11-12H2,1-3H3. The SMILES string of the molecule is Cc1ccc(CCNc2ccc(=O)n(-c3cccc(F)c3)c2)c(C)c1C. The number of nitrogens with zero attached hydrogens (tertiary/aromatic N) is 1. The van der Waals surface area contributed by atoms with Crippen LogP contribution in [0.2, 0.25) is 0 Å². The highest BCUT2D eigenvalue weighted by Crippen LogP contribution is 2.18. The first-order chi connectivity index (χ1) is 12.5. The van der Waals surface area contributed by atoms with Gasteiger partial charge < -0.3 is 5.32 Å². The Labute approximate surface area is 153 Å². The molecule has 0 saturated heterocycles. The van der Waals surface area contributed by atoms with Crippen molar-refractivity contribution >= 4 is 5.69 Å². The van der Waals surface area contributed by atoms with Crippen molar-refractivity contribution in [3.8, 4) is 5.69 Å². The van der Waals surface area contributed by atoms with Crippen LogP contribution in [0.4, 0.5) is 10.1 Å². The van der Waals surface area contributed by atoms with Crippen LogP contribution in [-0.4, -0.2) is 11.1 Å². The molecule has 0 bridgehead atoms. The summed E-state index contributed by atoms with van der Waals surface area (Å²) in [5, 5.41) is 3.35.